The maximum Gasteiger partial charge on any atom is 0.490 e. The zero-order valence-electron chi connectivity index (χ0n) is 17.3. The van der Waals surface area contributed by atoms with Gasteiger partial charge in [0.05, 0.1) is 23.9 Å². The number of benzene rings is 1. The molecule has 0 spiro atoms. The Morgan fingerprint density at radius 1 is 1.25 bits per heavy atom. The predicted molar refractivity (Wildman–Crippen MR) is 109 cm³/mol. The Morgan fingerprint density at radius 2 is 1.97 bits per heavy atom. The SMILES string of the molecule is COC(=O)c1cc(CNCc2[nH]nc3ccccc23)n2c1CCCC2.O=C(O)C(F)(F)F. The van der Waals surface area contributed by atoms with Crippen molar-refractivity contribution in [2.24, 2.45) is 0 Å². The summed E-state index contributed by atoms with van der Waals surface area (Å²) in [7, 11) is 1.44. The highest BCUT2D eigenvalue weighted by Gasteiger charge is 2.38. The average molecular weight is 452 g/mol. The Hall–Kier alpha value is -3.34. The zero-order valence-corrected chi connectivity index (χ0v) is 17.3. The molecule has 3 heterocycles. The molecular formula is C21H23F3N4O4. The molecule has 1 aliphatic heterocycles. The van der Waals surface area contributed by atoms with Crippen LogP contribution in [0.5, 0.6) is 0 Å². The van der Waals surface area contributed by atoms with E-state index in [0.29, 0.717) is 18.7 Å². The summed E-state index contributed by atoms with van der Waals surface area (Å²) in [6, 6.07) is 10.1. The Bertz CT molecular complexity index is 1100. The predicted octanol–water partition coefficient (Wildman–Crippen LogP) is 3.41. The molecule has 11 heteroatoms. The van der Waals surface area contributed by atoms with Crippen LogP contribution in [0.2, 0.25) is 0 Å². The summed E-state index contributed by atoms with van der Waals surface area (Å²) in [5.41, 5.74) is 5.02. The standard InChI is InChI=1S/C19H22N4O2.C2HF3O2/c1-25-19(24)15-10-13(23-9-5-4-8-18(15)23)11-20-12-17-14-6-2-3-7-16(14)21-22-17;3-2(4,5)1(6)7/h2-3,6-7,10,20H,4-5,8-9,11-12H2,1H3,(H,21,22);(H,6,7). The number of halogens is 3. The van der Waals surface area contributed by atoms with Gasteiger partial charge in [-0.1, -0.05) is 18.2 Å². The third-order valence-corrected chi connectivity index (χ3v) is 5.14. The molecule has 1 aromatic carbocycles. The maximum atomic E-state index is 12.0. The van der Waals surface area contributed by atoms with Gasteiger partial charge in [-0.2, -0.15) is 18.3 Å². The molecule has 3 N–H and O–H groups in total. The molecule has 32 heavy (non-hydrogen) atoms. The second-order valence-electron chi connectivity index (χ2n) is 7.22. The van der Waals surface area contributed by atoms with Gasteiger partial charge in [-0.25, -0.2) is 9.59 Å². The molecule has 0 saturated carbocycles. The summed E-state index contributed by atoms with van der Waals surface area (Å²) in [4.78, 5) is 20.9. The van der Waals surface area contributed by atoms with E-state index in [-0.39, 0.29) is 5.97 Å². The smallest absolute Gasteiger partial charge is 0.475 e. The van der Waals surface area contributed by atoms with Crippen LogP contribution in [0.25, 0.3) is 10.9 Å². The van der Waals surface area contributed by atoms with Crippen LogP contribution in [0.4, 0.5) is 13.2 Å². The molecule has 0 radical (unpaired) electrons. The van der Waals surface area contributed by atoms with Crippen molar-refractivity contribution in [2.45, 2.75) is 45.1 Å². The fourth-order valence-electron chi connectivity index (χ4n) is 3.65. The van der Waals surface area contributed by atoms with Gasteiger partial charge in [-0.3, -0.25) is 5.10 Å². The average Bonchev–Trinajstić information content (AvgIpc) is 3.35. The number of rotatable bonds is 5. The van der Waals surface area contributed by atoms with Crippen molar-refractivity contribution in [1.82, 2.24) is 20.1 Å². The van der Waals surface area contributed by atoms with Gasteiger partial charge in [0.25, 0.3) is 0 Å². The number of alkyl halides is 3. The summed E-state index contributed by atoms with van der Waals surface area (Å²) >= 11 is 0. The van der Waals surface area contributed by atoms with E-state index in [1.54, 1.807) is 0 Å². The molecule has 0 atom stereocenters. The van der Waals surface area contributed by atoms with Crippen LogP contribution in [-0.2, 0) is 35.6 Å². The van der Waals surface area contributed by atoms with E-state index in [2.05, 4.69) is 26.1 Å². The molecule has 0 saturated heterocycles. The number of methoxy groups -OCH3 is 1. The van der Waals surface area contributed by atoms with Crippen LogP contribution in [0.1, 0.15) is 40.3 Å². The number of hydrogen-bond donors (Lipinski definition) is 3. The monoisotopic (exact) mass is 452 g/mol. The minimum atomic E-state index is -5.08. The Kier molecular flexibility index (Phi) is 7.18. The number of carboxylic acid groups (broad SMARTS) is 1. The number of carboxylic acids is 1. The highest BCUT2D eigenvalue weighted by atomic mass is 19.4. The quantitative estimate of drug-likeness (QED) is 0.512. The van der Waals surface area contributed by atoms with Gasteiger partial charge in [-0.05, 0) is 31.4 Å². The zero-order chi connectivity index (χ0) is 23.3. The molecule has 8 nitrogen and oxygen atoms in total. The van der Waals surface area contributed by atoms with Gasteiger partial charge in [0.1, 0.15) is 0 Å². The number of carbonyl (C=O) groups excluding carboxylic acids is 1. The van der Waals surface area contributed by atoms with Crippen LogP contribution in [0.15, 0.2) is 30.3 Å². The topological polar surface area (TPSA) is 109 Å². The molecule has 0 amide bonds. The van der Waals surface area contributed by atoms with Crippen molar-refractivity contribution in [3.8, 4) is 0 Å². The number of nitrogens with one attached hydrogen (secondary N) is 2. The van der Waals surface area contributed by atoms with E-state index < -0.39 is 12.1 Å². The van der Waals surface area contributed by atoms with Crippen molar-refractivity contribution in [3.63, 3.8) is 0 Å². The van der Waals surface area contributed by atoms with Gasteiger partial charge in [0, 0.05) is 36.4 Å². The van der Waals surface area contributed by atoms with E-state index >= 15 is 0 Å². The van der Waals surface area contributed by atoms with E-state index in [0.717, 1.165) is 53.8 Å². The minimum Gasteiger partial charge on any atom is -0.475 e. The second-order valence-corrected chi connectivity index (χ2v) is 7.22. The maximum absolute atomic E-state index is 12.0. The number of para-hydroxylation sites is 1. The van der Waals surface area contributed by atoms with Crippen molar-refractivity contribution < 1.29 is 32.6 Å². The minimum absolute atomic E-state index is 0.239. The fraction of sp³-hybridized carbons (Fsp3) is 0.381. The first-order valence-corrected chi connectivity index (χ1v) is 9.94. The molecule has 2 aromatic heterocycles. The number of carbonyl (C=O) groups is 2. The first kappa shape index (κ1) is 23.3. The molecule has 4 rings (SSSR count). The Balaban J connectivity index is 0.000000360. The number of esters is 1. The summed E-state index contributed by atoms with van der Waals surface area (Å²) in [5.74, 6) is -3.00. The number of hydrogen-bond acceptors (Lipinski definition) is 5. The van der Waals surface area contributed by atoms with Gasteiger partial charge in [0.2, 0.25) is 0 Å². The van der Waals surface area contributed by atoms with Crippen molar-refractivity contribution in [2.75, 3.05) is 7.11 Å². The van der Waals surface area contributed by atoms with Crippen LogP contribution in [0, 0.1) is 0 Å². The van der Waals surface area contributed by atoms with Gasteiger partial charge in [0.15, 0.2) is 0 Å². The summed E-state index contributed by atoms with van der Waals surface area (Å²) in [6.07, 6.45) is -1.86. The van der Waals surface area contributed by atoms with Crippen LogP contribution in [0.3, 0.4) is 0 Å². The van der Waals surface area contributed by atoms with Gasteiger partial charge >= 0.3 is 18.1 Å². The molecular weight excluding hydrogens is 429 g/mol. The molecule has 0 fully saturated rings. The molecule has 1 aliphatic rings. The molecule has 0 aliphatic carbocycles. The number of nitrogens with zero attached hydrogens (tertiary/aromatic N) is 2. The molecule has 0 unspecified atom stereocenters. The number of H-pyrrole nitrogens is 1. The summed E-state index contributed by atoms with van der Waals surface area (Å²) in [5, 5.41) is 19.2. The largest absolute Gasteiger partial charge is 0.490 e. The first-order chi connectivity index (χ1) is 15.2. The highest BCUT2D eigenvalue weighted by Crippen LogP contribution is 2.24. The van der Waals surface area contributed by atoms with Crippen molar-refractivity contribution in [3.05, 3.63) is 53.0 Å². The number of aromatic amines is 1. The Morgan fingerprint density at radius 3 is 2.66 bits per heavy atom. The molecule has 0 bridgehead atoms. The summed E-state index contributed by atoms with van der Waals surface area (Å²) in [6.45, 7) is 2.38. The lowest BCUT2D eigenvalue weighted by Gasteiger charge is -2.19. The van der Waals surface area contributed by atoms with Gasteiger partial charge < -0.3 is 19.7 Å². The third-order valence-electron chi connectivity index (χ3n) is 5.14. The van der Waals surface area contributed by atoms with E-state index in [1.165, 1.54) is 7.11 Å². The first-order valence-electron chi connectivity index (χ1n) is 9.94. The number of fused-ring (bicyclic) bond motifs is 2. The van der Waals surface area contributed by atoms with E-state index in [4.69, 9.17) is 14.6 Å². The number of ether oxygens (including phenoxy) is 1. The van der Waals surface area contributed by atoms with E-state index in [9.17, 15) is 18.0 Å². The highest BCUT2D eigenvalue weighted by molar-refractivity contribution is 5.91. The lowest BCUT2D eigenvalue weighted by atomic mass is 10.1. The van der Waals surface area contributed by atoms with Crippen molar-refractivity contribution in [1.29, 1.82) is 0 Å². The Labute approximate surface area is 181 Å². The number of aromatic nitrogens is 3. The van der Waals surface area contributed by atoms with Crippen LogP contribution >= 0.6 is 0 Å². The second kappa shape index (κ2) is 9.86. The molecule has 3 aromatic rings. The summed E-state index contributed by atoms with van der Waals surface area (Å²) < 4.78 is 38.9. The van der Waals surface area contributed by atoms with Crippen LogP contribution in [-0.4, -0.2) is 45.1 Å². The fourth-order valence-corrected chi connectivity index (χ4v) is 3.65. The normalized spacial score (nSPS) is 13.2. The van der Waals surface area contributed by atoms with Crippen molar-refractivity contribution >= 4 is 22.8 Å². The van der Waals surface area contributed by atoms with Gasteiger partial charge in [-0.15, -0.1) is 0 Å². The number of aliphatic carboxylic acids is 1. The molecule has 172 valence electrons. The van der Waals surface area contributed by atoms with Crippen LogP contribution < -0.4 is 5.32 Å². The third kappa shape index (κ3) is 5.28. The lowest BCUT2D eigenvalue weighted by Crippen LogP contribution is -2.21. The lowest BCUT2D eigenvalue weighted by molar-refractivity contribution is -0.192. The van der Waals surface area contributed by atoms with E-state index in [1.807, 2.05) is 24.3 Å².